The number of nitrogens with zero attached hydrogens (tertiary/aromatic N) is 4. The molecule has 0 unspecified atom stereocenters. The number of hydrogen-bond acceptors (Lipinski definition) is 8. The van der Waals surface area contributed by atoms with Crippen LogP contribution in [0.5, 0.6) is 0 Å². The number of nitriles is 1. The van der Waals surface area contributed by atoms with Gasteiger partial charge in [0.2, 0.25) is 0 Å². The first-order valence-corrected chi connectivity index (χ1v) is 15.7. The van der Waals surface area contributed by atoms with Crippen molar-refractivity contribution in [1.29, 1.82) is 5.26 Å². The lowest BCUT2D eigenvalue weighted by molar-refractivity contribution is 0.0570. The third-order valence-electron chi connectivity index (χ3n) is 8.40. The Morgan fingerprint density at radius 2 is 1.76 bits per heavy atom. The van der Waals surface area contributed by atoms with Crippen molar-refractivity contribution in [3.8, 4) is 6.07 Å². The van der Waals surface area contributed by atoms with Gasteiger partial charge in [-0.1, -0.05) is 53.5 Å². The number of piperidine rings is 1. The molecule has 0 saturated carbocycles. The summed E-state index contributed by atoms with van der Waals surface area (Å²) in [6.45, 7) is 8.90. The summed E-state index contributed by atoms with van der Waals surface area (Å²) in [5.74, 6) is -0.526. The lowest BCUT2D eigenvalue weighted by atomic mass is 9.98. The number of benzene rings is 3. The first-order valence-electron chi connectivity index (χ1n) is 14.9. The summed E-state index contributed by atoms with van der Waals surface area (Å²) in [5.41, 5.74) is 11.6. The highest BCUT2D eigenvalue weighted by Gasteiger charge is 2.32. The highest BCUT2D eigenvalue weighted by Crippen LogP contribution is 2.37. The average Bonchev–Trinajstić information content (AvgIpc) is 3.52. The lowest BCUT2D eigenvalue weighted by Gasteiger charge is -2.42. The Kier molecular flexibility index (Phi) is 8.76. The van der Waals surface area contributed by atoms with Crippen LogP contribution in [0.4, 0.5) is 21.5 Å². The van der Waals surface area contributed by atoms with E-state index in [1.807, 2.05) is 30.3 Å². The Labute approximate surface area is 272 Å². The van der Waals surface area contributed by atoms with Gasteiger partial charge in [-0.25, -0.2) is 4.39 Å². The molecule has 1 saturated heterocycles. The van der Waals surface area contributed by atoms with Crippen molar-refractivity contribution < 1.29 is 4.39 Å². The van der Waals surface area contributed by atoms with E-state index in [4.69, 9.17) is 23.2 Å². The number of nitrogens with one attached hydrogen (secondary N) is 4. The van der Waals surface area contributed by atoms with Gasteiger partial charge >= 0.3 is 0 Å². The first kappa shape index (κ1) is 30.9. The molecule has 0 aliphatic carbocycles. The largest absolute Gasteiger partial charge is 0.373 e. The summed E-state index contributed by atoms with van der Waals surface area (Å²) in [4.78, 5) is 7.01. The Hall–Kier alpha value is -4.07. The molecule has 0 bridgehead atoms. The molecule has 0 spiro atoms. The van der Waals surface area contributed by atoms with E-state index in [0.717, 1.165) is 42.9 Å². The van der Waals surface area contributed by atoms with Crippen LogP contribution < -0.4 is 21.6 Å². The number of hydrogen-bond donors (Lipinski definition) is 4. The van der Waals surface area contributed by atoms with Gasteiger partial charge in [0.25, 0.3) is 0 Å². The molecule has 6 rings (SSSR count). The third-order valence-corrected chi connectivity index (χ3v) is 8.98. The molecule has 3 heterocycles. The number of pyridine rings is 1. The van der Waals surface area contributed by atoms with Crippen molar-refractivity contribution in [2.75, 3.05) is 23.7 Å². The fraction of sp³-hybridized carbons (Fsp3) is 0.294. The van der Waals surface area contributed by atoms with Crippen molar-refractivity contribution in [3.05, 3.63) is 106 Å². The number of likely N-dealkylation sites (tertiary alicyclic amines) is 1. The lowest BCUT2D eigenvalue weighted by Crippen LogP contribution is -2.52. The van der Waals surface area contributed by atoms with Crippen LogP contribution in [0.1, 0.15) is 50.8 Å². The van der Waals surface area contributed by atoms with E-state index in [1.54, 1.807) is 6.07 Å². The number of anilines is 3. The van der Waals surface area contributed by atoms with E-state index >= 15 is 0 Å². The second kappa shape index (κ2) is 12.7. The van der Waals surface area contributed by atoms with Gasteiger partial charge in [0, 0.05) is 53.8 Å². The van der Waals surface area contributed by atoms with Gasteiger partial charge in [-0.2, -0.15) is 5.26 Å². The van der Waals surface area contributed by atoms with Gasteiger partial charge in [0.1, 0.15) is 11.9 Å². The standard InChI is InChI=1S/C34H35Cl2FN8/c1-34(2,3)44-13-11-25(12-14-44)45-20-30(42-43-45)32(21-7-5-4-6-8-21)41-24-15-26-31(40-23-9-10-29(37)27(35)16-23)22(18-38)19-39-33(26)28(36)17-24/h4-10,15-17,19-20,25,32,41-43H,11-14H2,1-3H3,(H,39,40)/t32-/m0/s1. The number of rotatable bonds is 7. The molecule has 3 aromatic carbocycles. The summed E-state index contributed by atoms with van der Waals surface area (Å²) in [6.07, 6.45) is 5.73. The molecular formula is C34H35Cl2FN8. The van der Waals surface area contributed by atoms with Gasteiger partial charge in [0.15, 0.2) is 0 Å². The molecule has 45 heavy (non-hydrogen) atoms. The summed E-state index contributed by atoms with van der Waals surface area (Å²) in [6, 6.07) is 20.6. The Bertz CT molecular complexity index is 1780. The Morgan fingerprint density at radius 3 is 2.44 bits per heavy atom. The molecule has 232 valence electrons. The Morgan fingerprint density at radius 1 is 1.02 bits per heavy atom. The molecule has 1 atom stereocenters. The molecule has 1 aromatic heterocycles. The normalized spacial score (nSPS) is 16.6. The zero-order valence-corrected chi connectivity index (χ0v) is 26.8. The molecule has 4 N–H and O–H groups in total. The van der Waals surface area contributed by atoms with Crippen LogP contribution in [0.3, 0.4) is 0 Å². The topological polar surface area (TPSA) is 91.3 Å². The van der Waals surface area contributed by atoms with E-state index in [0.29, 0.717) is 38.9 Å². The maximum atomic E-state index is 13.9. The van der Waals surface area contributed by atoms with E-state index in [1.165, 1.54) is 18.3 Å². The number of fused-ring (bicyclic) bond motifs is 1. The van der Waals surface area contributed by atoms with Crippen LogP contribution in [0.2, 0.25) is 10.0 Å². The maximum Gasteiger partial charge on any atom is 0.141 e. The fourth-order valence-electron chi connectivity index (χ4n) is 5.94. The second-order valence-electron chi connectivity index (χ2n) is 12.4. The van der Waals surface area contributed by atoms with Crippen molar-refractivity contribution in [2.24, 2.45) is 0 Å². The summed E-state index contributed by atoms with van der Waals surface area (Å²) >= 11 is 12.8. The highest BCUT2D eigenvalue weighted by atomic mass is 35.5. The average molecular weight is 646 g/mol. The third kappa shape index (κ3) is 6.65. The van der Waals surface area contributed by atoms with Crippen molar-refractivity contribution in [2.45, 2.75) is 51.2 Å². The molecular weight excluding hydrogens is 610 g/mol. The number of aromatic nitrogens is 1. The molecule has 4 aromatic rings. The summed E-state index contributed by atoms with van der Waals surface area (Å²) < 4.78 is 13.9. The fourth-order valence-corrected chi connectivity index (χ4v) is 6.38. The molecule has 1 fully saturated rings. The maximum absolute atomic E-state index is 13.9. The SMILES string of the molecule is CC(C)(C)N1CCC(N2C=C([C@@H](Nc3cc(Cl)c4ncc(C#N)c(Nc5ccc(F)c(Cl)c5)c4c3)c3ccccc3)NN2)CC1. The monoisotopic (exact) mass is 644 g/mol. The summed E-state index contributed by atoms with van der Waals surface area (Å²) in [7, 11) is 0. The van der Waals surface area contributed by atoms with Crippen molar-refractivity contribution in [1.82, 2.24) is 25.9 Å². The highest BCUT2D eigenvalue weighted by molar-refractivity contribution is 6.36. The van der Waals surface area contributed by atoms with E-state index < -0.39 is 5.82 Å². The molecule has 8 nitrogen and oxygen atoms in total. The quantitative estimate of drug-likeness (QED) is 0.161. The number of hydrazine groups is 2. The van der Waals surface area contributed by atoms with Gasteiger partial charge < -0.3 is 16.1 Å². The van der Waals surface area contributed by atoms with Crippen LogP contribution >= 0.6 is 23.2 Å². The van der Waals surface area contributed by atoms with Crippen LogP contribution in [-0.2, 0) is 0 Å². The smallest absolute Gasteiger partial charge is 0.141 e. The molecule has 11 heteroatoms. The van der Waals surface area contributed by atoms with Crippen molar-refractivity contribution >= 4 is 51.2 Å². The van der Waals surface area contributed by atoms with Crippen LogP contribution in [-0.4, -0.2) is 39.6 Å². The minimum atomic E-state index is -0.526. The van der Waals surface area contributed by atoms with Crippen LogP contribution in [0.25, 0.3) is 10.9 Å². The molecule has 0 amide bonds. The number of halogens is 3. The Balaban J connectivity index is 1.33. The summed E-state index contributed by atoms with van der Waals surface area (Å²) in [5, 5.41) is 20.0. The zero-order valence-electron chi connectivity index (χ0n) is 25.3. The second-order valence-corrected chi connectivity index (χ2v) is 13.2. The first-order chi connectivity index (χ1) is 21.6. The minimum absolute atomic E-state index is 0.0253. The van der Waals surface area contributed by atoms with Crippen LogP contribution in [0.15, 0.2) is 78.8 Å². The van der Waals surface area contributed by atoms with E-state index in [2.05, 4.69) is 81.7 Å². The van der Waals surface area contributed by atoms with Gasteiger partial charge in [0.05, 0.1) is 38.6 Å². The van der Waals surface area contributed by atoms with Gasteiger partial charge in [-0.05, 0) is 69.5 Å². The minimum Gasteiger partial charge on any atom is -0.373 e. The molecule has 0 radical (unpaired) electrons. The van der Waals surface area contributed by atoms with Crippen molar-refractivity contribution in [3.63, 3.8) is 0 Å². The molecule has 2 aliphatic heterocycles. The predicted octanol–water partition coefficient (Wildman–Crippen LogP) is 7.88. The predicted molar refractivity (Wildman–Crippen MR) is 180 cm³/mol. The van der Waals surface area contributed by atoms with E-state index in [-0.39, 0.29) is 16.6 Å². The van der Waals surface area contributed by atoms with Gasteiger partial charge in [-0.3, -0.25) is 14.9 Å². The van der Waals surface area contributed by atoms with Crippen LogP contribution in [0, 0.1) is 17.1 Å². The van der Waals surface area contributed by atoms with E-state index in [9.17, 15) is 9.65 Å². The molecule has 2 aliphatic rings. The zero-order chi connectivity index (χ0) is 31.7. The van der Waals surface area contributed by atoms with Gasteiger partial charge in [-0.15, -0.1) is 5.53 Å².